The van der Waals surface area contributed by atoms with E-state index < -0.39 is 10.0 Å². The van der Waals surface area contributed by atoms with E-state index in [1.807, 2.05) is 12.1 Å². The highest BCUT2D eigenvalue weighted by Gasteiger charge is 2.26. The Labute approximate surface area is 199 Å². The Hall–Kier alpha value is -2.55. The van der Waals surface area contributed by atoms with E-state index in [0.29, 0.717) is 30.6 Å². The zero-order valence-electron chi connectivity index (χ0n) is 19.4. The van der Waals surface area contributed by atoms with Gasteiger partial charge in [0.25, 0.3) is 0 Å². The van der Waals surface area contributed by atoms with Crippen molar-refractivity contribution in [1.29, 1.82) is 0 Å². The fraction of sp³-hybridized carbons (Fsp3) is 0.423. The molecule has 0 radical (unpaired) electrons. The minimum atomic E-state index is -3.67. The van der Waals surface area contributed by atoms with Crippen molar-refractivity contribution in [3.63, 3.8) is 0 Å². The third-order valence-corrected chi connectivity index (χ3v) is 8.70. The molecular weight excluding hydrogens is 453 g/mol. The molecule has 180 valence electrons. The number of hydrogen-bond donors (Lipinski definition) is 2. The Morgan fingerprint density at radius 2 is 1.94 bits per heavy atom. The van der Waals surface area contributed by atoms with Gasteiger partial charge in [-0.15, -0.1) is 0 Å². The summed E-state index contributed by atoms with van der Waals surface area (Å²) < 4.78 is 42.5. The van der Waals surface area contributed by atoms with Gasteiger partial charge in [0.1, 0.15) is 5.82 Å². The Balaban J connectivity index is 1.23. The van der Waals surface area contributed by atoms with Crippen LogP contribution in [0.15, 0.2) is 41.3 Å². The molecule has 34 heavy (non-hydrogen) atoms. The van der Waals surface area contributed by atoms with Crippen LogP contribution >= 0.6 is 0 Å². The first kappa shape index (κ1) is 23.2. The lowest BCUT2D eigenvalue weighted by molar-refractivity contribution is 0.0974. The molecule has 0 amide bonds. The second-order valence-electron chi connectivity index (χ2n) is 9.62. The van der Waals surface area contributed by atoms with Gasteiger partial charge in [-0.3, -0.25) is 9.69 Å². The zero-order valence-corrected chi connectivity index (χ0v) is 20.2. The van der Waals surface area contributed by atoms with E-state index >= 15 is 0 Å². The molecule has 0 bridgehead atoms. The predicted molar refractivity (Wildman–Crippen MR) is 130 cm³/mol. The molecule has 0 unspecified atom stereocenters. The average molecular weight is 484 g/mol. The molecule has 0 spiro atoms. The molecule has 1 aliphatic carbocycles. The van der Waals surface area contributed by atoms with Crippen LogP contribution in [0.4, 0.5) is 4.39 Å². The number of carbonyl (C=O) groups is 1. The van der Waals surface area contributed by atoms with Gasteiger partial charge in [-0.1, -0.05) is 12.1 Å². The highest BCUT2D eigenvalue weighted by atomic mass is 32.2. The Bertz CT molecular complexity index is 1340. The van der Waals surface area contributed by atoms with Crippen molar-refractivity contribution in [2.24, 2.45) is 5.92 Å². The van der Waals surface area contributed by atoms with Crippen LogP contribution in [0.1, 0.15) is 52.9 Å². The van der Waals surface area contributed by atoms with Crippen LogP contribution in [0.5, 0.6) is 0 Å². The van der Waals surface area contributed by atoms with E-state index in [1.165, 1.54) is 6.07 Å². The molecule has 2 N–H and O–H groups in total. The normalized spacial score (nSPS) is 17.9. The smallest absolute Gasteiger partial charge is 0.240 e. The maximum absolute atomic E-state index is 13.4. The van der Waals surface area contributed by atoms with Gasteiger partial charge in [0, 0.05) is 41.7 Å². The molecule has 8 heteroatoms. The highest BCUT2D eigenvalue weighted by molar-refractivity contribution is 7.89. The second-order valence-corrected chi connectivity index (χ2v) is 11.4. The van der Waals surface area contributed by atoms with Gasteiger partial charge in [-0.25, -0.2) is 17.5 Å². The van der Waals surface area contributed by atoms with Gasteiger partial charge in [0.05, 0.1) is 4.90 Å². The van der Waals surface area contributed by atoms with Crippen LogP contribution in [0.3, 0.4) is 0 Å². The lowest BCUT2D eigenvalue weighted by Gasteiger charge is -2.32. The summed E-state index contributed by atoms with van der Waals surface area (Å²) in [5, 5.41) is 0.821. The summed E-state index contributed by atoms with van der Waals surface area (Å²) in [7, 11) is -3.67. The first-order valence-corrected chi connectivity index (χ1v) is 13.4. The summed E-state index contributed by atoms with van der Waals surface area (Å²) in [5.41, 5.74) is 3.95. The number of aromatic amines is 1. The zero-order chi connectivity index (χ0) is 23.9. The number of benzene rings is 2. The van der Waals surface area contributed by atoms with Gasteiger partial charge in [-0.2, -0.15) is 0 Å². The number of aryl methyl sites for hydroxylation is 2. The molecule has 3 aromatic rings. The molecule has 0 atom stereocenters. The number of nitrogens with one attached hydrogen (secondary N) is 2. The maximum atomic E-state index is 13.4. The Morgan fingerprint density at radius 3 is 2.71 bits per heavy atom. The lowest BCUT2D eigenvalue weighted by Crippen LogP contribution is -2.38. The topological polar surface area (TPSA) is 82.3 Å². The maximum Gasteiger partial charge on any atom is 0.240 e. The summed E-state index contributed by atoms with van der Waals surface area (Å²) in [4.78, 5) is 18.2. The quantitative estimate of drug-likeness (QED) is 0.547. The first-order chi connectivity index (χ1) is 16.3. The van der Waals surface area contributed by atoms with E-state index in [1.54, 1.807) is 25.1 Å². The van der Waals surface area contributed by atoms with Crippen molar-refractivity contribution >= 4 is 26.7 Å². The van der Waals surface area contributed by atoms with Gasteiger partial charge in [-0.05, 0) is 87.0 Å². The number of sulfonamides is 1. The molecule has 6 nitrogen and oxygen atoms in total. The summed E-state index contributed by atoms with van der Waals surface area (Å²) in [5.74, 6) is 0.170. The summed E-state index contributed by atoms with van der Waals surface area (Å²) >= 11 is 0. The number of fused-ring (bicyclic) bond motifs is 3. The Morgan fingerprint density at radius 1 is 1.15 bits per heavy atom. The van der Waals surface area contributed by atoms with Crippen molar-refractivity contribution in [1.82, 2.24) is 14.6 Å². The molecule has 1 fully saturated rings. The monoisotopic (exact) mass is 483 g/mol. The van der Waals surface area contributed by atoms with Gasteiger partial charge >= 0.3 is 0 Å². The van der Waals surface area contributed by atoms with Crippen molar-refractivity contribution in [3.05, 3.63) is 64.6 Å². The summed E-state index contributed by atoms with van der Waals surface area (Å²) in [6.07, 6.45) is 3.96. The number of ketones is 1. The number of hydrogen-bond acceptors (Lipinski definition) is 4. The lowest BCUT2D eigenvalue weighted by atomic mass is 9.94. The molecule has 2 aromatic carbocycles. The molecule has 2 heterocycles. The minimum Gasteiger partial charge on any atom is -0.358 e. The van der Waals surface area contributed by atoms with Crippen LogP contribution in [0.25, 0.3) is 10.9 Å². The van der Waals surface area contributed by atoms with Crippen LogP contribution in [-0.4, -0.2) is 43.7 Å². The largest absolute Gasteiger partial charge is 0.358 e. The average Bonchev–Trinajstić information content (AvgIpc) is 3.17. The number of nitrogens with zero attached hydrogens (tertiary/aromatic N) is 1. The van der Waals surface area contributed by atoms with Crippen molar-refractivity contribution in [2.75, 3.05) is 19.6 Å². The SMILES string of the molecule is Cc1cc2c3c([nH]c2cc1S(=O)(=O)NCC1CCN(Cc2cccc(F)c2)CC1)CCCC3=O. The fourth-order valence-electron chi connectivity index (χ4n) is 5.28. The van der Waals surface area contributed by atoms with Gasteiger partial charge in [0.15, 0.2) is 5.78 Å². The molecule has 1 aliphatic heterocycles. The number of Topliss-reactive ketones (excluding diaryl/α,β-unsaturated/α-hetero) is 1. The summed E-state index contributed by atoms with van der Waals surface area (Å²) in [6.45, 7) is 4.60. The number of halogens is 1. The van der Waals surface area contributed by atoms with E-state index in [4.69, 9.17) is 0 Å². The molecule has 1 aromatic heterocycles. The van der Waals surface area contributed by atoms with Crippen molar-refractivity contribution < 1.29 is 17.6 Å². The van der Waals surface area contributed by atoms with Gasteiger partial charge in [0.2, 0.25) is 10.0 Å². The third kappa shape index (κ3) is 4.67. The van der Waals surface area contributed by atoms with Crippen LogP contribution < -0.4 is 4.72 Å². The molecule has 1 saturated heterocycles. The number of H-pyrrole nitrogens is 1. The molecule has 2 aliphatic rings. The second kappa shape index (κ2) is 9.24. The first-order valence-electron chi connectivity index (χ1n) is 11.9. The number of aromatic nitrogens is 1. The van der Waals surface area contributed by atoms with Crippen LogP contribution in [0.2, 0.25) is 0 Å². The number of likely N-dealkylation sites (tertiary alicyclic amines) is 1. The third-order valence-electron chi connectivity index (χ3n) is 7.14. The van der Waals surface area contributed by atoms with Crippen molar-refractivity contribution in [2.45, 2.75) is 50.5 Å². The minimum absolute atomic E-state index is 0.129. The van der Waals surface area contributed by atoms with Crippen LogP contribution in [-0.2, 0) is 23.0 Å². The van der Waals surface area contributed by atoms with E-state index in [2.05, 4.69) is 14.6 Å². The molecule has 5 rings (SSSR count). The van der Waals surface area contributed by atoms with E-state index in [0.717, 1.165) is 61.0 Å². The van der Waals surface area contributed by atoms with Gasteiger partial charge < -0.3 is 4.98 Å². The van der Waals surface area contributed by atoms with E-state index in [9.17, 15) is 17.6 Å². The highest BCUT2D eigenvalue weighted by Crippen LogP contribution is 2.32. The summed E-state index contributed by atoms with van der Waals surface area (Å²) in [6, 6.07) is 10.2. The predicted octanol–water partition coefficient (Wildman–Crippen LogP) is 4.32. The Kier molecular flexibility index (Phi) is 6.31. The van der Waals surface area contributed by atoms with E-state index in [-0.39, 0.29) is 22.4 Å². The van der Waals surface area contributed by atoms with Crippen molar-refractivity contribution in [3.8, 4) is 0 Å². The number of piperidine rings is 1. The molecule has 0 saturated carbocycles. The number of rotatable bonds is 6. The standard InChI is InChI=1S/C26H30FN3O3S/c1-17-12-21-23(29-22-6-3-7-24(31)26(21)22)14-25(17)34(32,33)28-15-18-8-10-30(11-9-18)16-19-4-2-5-20(27)13-19/h2,4-5,12-14,18,28-29H,3,6-11,15-16H2,1H3. The molecular formula is C26H30FN3O3S. The van der Waals surface area contributed by atoms with Crippen LogP contribution in [0, 0.1) is 18.7 Å². The fourth-order valence-corrected chi connectivity index (χ4v) is 6.65. The number of carbonyl (C=O) groups excluding carboxylic acids is 1.